The van der Waals surface area contributed by atoms with Crippen LogP contribution in [0.4, 0.5) is 0 Å². The molecule has 1 radical (unpaired) electrons. The van der Waals surface area contributed by atoms with Crippen molar-refractivity contribution in [3.63, 3.8) is 0 Å². The van der Waals surface area contributed by atoms with E-state index in [2.05, 4.69) is 73.2 Å². The van der Waals surface area contributed by atoms with Crippen LogP contribution < -0.4 is 0 Å². The van der Waals surface area contributed by atoms with Crippen LogP contribution in [0.5, 0.6) is 0 Å². The normalized spacial score (nSPS) is 13.7. The molecule has 4 aromatic heterocycles. The van der Waals surface area contributed by atoms with E-state index in [1.807, 2.05) is 29.8 Å². The number of hydrogen-bond acceptors (Lipinski definition) is 4. The molecule has 3 aromatic carbocycles. The smallest absolute Gasteiger partial charge is 0.138 e. The van der Waals surface area contributed by atoms with E-state index in [0.717, 1.165) is 37.7 Å². The van der Waals surface area contributed by atoms with Crippen molar-refractivity contribution in [3.8, 4) is 22.5 Å². The van der Waals surface area contributed by atoms with E-state index >= 15 is 0 Å². The van der Waals surface area contributed by atoms with Crippen LogP contribution in [-0.2, 0) is 26.5 Å². The Bertz CT molecular complexity index is 2280. The fourth-order valence-corrected chi connectivity index (χ4v) is 5.83. The Morgan fingerprint density at radius 1 is 0.864 bits per heavy atom. The van der Waals surface area contributed by atoms with E-state index < -0.39 is 18.6 Å². The summed E-state index contributed by atoms with van der Waals surface area (Å²) in [5, 5.41) is 5.04. The van der Waals surface area contributed by atoms with Crippen LogP contribution in [0.15, 0.2) is 82.9 Å². The van der Waals surface area contributed by atoms with Crippen LogP contribution in [0.2, 0.25) is 0 Å². The van der Waals surface area contributed by atoms with Crippen molar-refractivity contribution in [1.82, 2.24) is 9.97 Å². The van der Waals surface area contributed by atoms with Crippen molar-refractivity contribution >= 4 is 43.4 Å². The number of rotatable bonds is 3. The van der Waals surface area contributed by atoms with Crippen LogP contribution in [0.1, 0.15) is 55.4 Å². The molecular formula is C39H36IrN2OS-2. The van der Waals surface area contributed by atoms with E-state index in [1.54, 1.807) is 44.2 Å². The summed E-state index contributed by atoms with van der Waals surface area (Å²) < 4.78 is 48.8. The molecule has 0 spiro atoms. The molecule has 0 bridgehead atoms. The largest absolute Gasteiger partial charge is 0.499 e. The molecule has 0 aliphatic carbocycles. The number of hydrogen-bond donors (Lipinski definition) is 0. The average Bonchev–Trinajstić information content (AvgIpc) is 3.67. The van der Waals surface area contributed by atoms with Crippen molar-refractivity contribution in [2.24, 2.45) is 5.41 Å². The molecule has 0 saturated heterocycles. The third-order valence-electron chi connectivity index (χ3n) is 7.31. The zero-order chi connectivity index (χ0) is 34.6. The minimum absolute atomic E-state index is 0. The van der Waals surface area contributed by atoms with Gasteiger partial charge in [-0.25, -0.2) is 0 Å². The van der Waals surface area contributed by atoms with Crippen molar-refractivity contribution < 1.29 is 31.4 Å². The second-order valence-electron chi connectivity index (χ2n) is 11.9. The number of pyridine rings is 2. The standard InChI is InChI=1S/C25H22NOS.C14H14N.Ir/c1-15-14-26-21(12-17(15)13-25(2,3)4)20-7-5-6-18-19-9-8-16-10-11-28-24(16)23(19)27-22(18)20;1-10-4-6-13(7-5-10)14-8-11(2)12(3)9-15-14;/h5-6,8-12,14H,13H2,1-4H3;4-6,8-9H,1-3H3;/q2*-1;/i1D3,13D2;;. The quantitative estimate of drug-likeness (QED) is 0.168. The van der Waals surface area contributed by atoms with E-state index in [9.17, 15) is 0 Å². The third-order valence-corrected chi connectivity index (χ3v) is 8.24. The van der Waals surface area contributed by atoms with E-state index in [4.69, 9.17) is 11.3 Å². The van der Waals surface area contributed by atoms with Crippen LogP contribution in [0.25, 0.3) is 54.5 Å². The third kappa shape index (κ3) is 6.56. The molecular weight excluding hydrogens is 737 g/mol. The number of furan rings is 1. The summed E-state index contributed by atoms with van der Waals surface area (Å²) in [6.07, 6.45) is 1.28. The molecule has 0 unspecified atom stereocenters. The molecule has 225 valence electrons. The summed E-state index contributed by atoms with van der Waals surface area (Å²) in [5.74, 6) is 0. The molecule has 44 heavy (non-hydrogen) atoms. The minimum Gasteiger partial charge on any atom is -0.499 e. The molecule has 0 aliphatic rings. The Hall–Kier alpha value is -3.63. The van der Waals surface area contributed by atoms with Gasteiger partial charge < -0.3 is 14.4 Å². The first-order valence-corrected chi connectivity index (χ1v) is 15.1. The number of nitrogens with zero attached hydrogens (tertiary/aromatic N) is 2. The Labute approximate surface area is 284 Å². The number of aromatic nitrogens is 2. The zero-order valence-corrected chi connectivity index (χ0v) is 28.8. The van der Waals surface area contributed by atoms with Crippen LogP contribution in [0, 0.1) is 45.2 Å². The Morgan fingerprint density at radius 3 is 2.36 bits per heavy atom. The van der Waals surface area contributed by atoms with Gasteiger partial charge in [-0.1, -0.05) is 74.0 Å². The second kappa shape index (κ2) is 12.8. The van der Waals surface area contributed by atoms with Gasteiger partial charge in [-0.15, -0.1) is 64.9 Å². The maximum absolute atomic E-state index is 8.78. The predicted molar refractivity (Wildman–Crippen MR) is 182 cm³/mol. The van der Waals surface area contributed by atoms with Gasteiger partial charge in [-0.2, -0.15) is 0 Å². The summed E-state index contributed by atoms with van der Waals surface area (Å²) in [7, 11) is 0. The molecule has 7 aromatic rings. The van der Waals surface area contributed by atoms with E-state index in [-0.39, 0.29) is 31.2 Å². The maximum Gasteiger partial charge on any atom is 0.138 e. The molecule has 0 amide bonds. The number of benzene rings is 3. The first-order chi connectivity index (χ1) is 22.6. The summed E-state index contributed by atoms with van der Waals surface area (Å²) in [5.41, 5.74) is 7.39. The number of thiophene rings is 1. The van der Waals surface area contributed by atoms with E-state index in [0.29, 0.717) is 16.8 Å². The first kappa shape index (κ1) is 25.7. The van der Waals surface area contributed by atoms with Crippen molar-refractivity contribution in [1.29, 1.82) is 0 Å². The van der Waals surface area contributed by atoms with E-state index in [1.165, 1.54) is 22.9 Å². The summed E-state index contributed by atoms with van der Waals surface area (Å²) in [6, 6.07) is 26.1. The van der Waals surface area contributed by atoms with Gasteiger partial charge in [0.15, 0.2) is 0 Å². The number of aryl methyl sites for hydroxylation is 4. The molecule has 7 rings (SSSR count). The van der Waals surface area contributed by atoms with Crippen molar-refractivity contribution in [3.05, 3.63) is 118 Å². The van der Waals surface area contributed by atoms with Gasteiger partial charge in [0.25, 0.3) is 0 Å². The van der Waals surface area contributed by atoms with Gasteiger partial charge in [0.05, 0.1) is 10.3 Å². The first-order valence-electron chi connectivity index (χ1n) is 16.7. The number of fused-ring (bicyclic) bond motifs is 5. The van der Waals surface area contributed by atoms with Gasteiger partial charge in [0, 0.05) is 44.7 Å². The molecule has 3 nitrogen and oxygen atoms in total. The molecule has 0 fully saturated rings. The molecule has 0 aliphatic heterocycles. The SMILES string of the molecule is Cc1c[c-]c(-c2cc(C)c(C)cn2)cc1.[2H]C([2H])([2H])c1cnc(-c2[c-]ccc3c2oc2c3ccc3ccsc32)cc1C([2H])([2H])C(C)(C)C.[Ir]. The monoisotopic (exact) mass is 778 g/mol. The molecule has 0 N–H and O–H groups in total. The molecule has 0 saturated carbocycles. The van der Waals surface area contributed by atoms with Crippen LogP contribution >= 0.6 is 11.3 Å². The van der Waals surface area contributed by atoms with Crippen molar-refractivity contribution in [2.75, 3.05) is 0 Å². The predicted octanol–water partition coefficient (Wildman–Crippen LogP) is 11.0. The van der Waals surface area contributed by atoms with Gasteiger partial charge in [0.2, 0.25) is 0 Å². The van der Waals surface area contributed by atoms with Crippen molar-refractivity contribution in [2.45, 2.75) is 54.8 Å². The zero-order valence-electron chi connectivity index (χ0n) is 30.5. The molecule has 0 atom stereocenters. The summed E-state index contributed by atoms with van der Waals surface area (Å²) in [6.45, 7) is 9.03. The maximum atomic E-state index is 8.78. The summed E-state index contributed by atoms with van der Waals surface area (Å²) in [4.78, 5) is 8.84. The van der Waals surface area contributed by atoms with Gasteiger partial charge in [0.1, 0.15) is 5.58 Å². The van der Waals surface area contributed by atoms with Gasteiger partial charge in [-0.05, 0) is 71.8 Å². The van der Waals surface area contributed by atoms with Gasteiger partial charge >= 0.3 is 0 Å². The topological polar surface area (TPSA) is 38.9 Å². The second-order valence-corrected chi connectivity index (χ2v) is 12.8. The molecule has 5 heteroatoms. The van der Waals surface area contributed by atoms with Crippen LogP contribution in [-0.4, -0.2) is 9.97 Å². The average molecular weight is 778 g/mol. The fraction of sp³-hybridized carbons (Fsp3) is 0.231. The summed E-state index contributed by atoms with van der Waals surface area (Å²) >= 11 is 1.62. The van der Waals surface area contributed by atoms with Crippen LogP contribution in [0.3, 0.4) is 0 Å². The fourth-order valence-electron chi connectivity index (χ4n) is 4.95. The molecule has 4 heterocycles. The Kier molecular flexibility index (Phi) is 7.45. The Morgan fingerprint density at radius 2 is 1.64 bits per heavy atom. The van der Waals surface area contributed by atoms with Gasteiger partial charge in [-0.3, -0.25) is 0 Å². The minimum atomic E-state index is -2.49. The Balaban J connectivity index is 0.000000246.